The van der Waals surface area contributed by atoms with Crippen LogP contribution in [0.5, 0.6) is 0 Å². The van der Waals surface area contributed by atoms with Gasteiger partial charge >= 0.3 is 22.7 Å². The molecule has 6 aliphatic rings. The molecule has 6 amide bonds. The Balaban J connectivity index is 0.00000453. The molecule has 0 saturated carbocycles. The molecule has 0 aliphatic carbocycles. The predicted octanol–water partition coefficient (Wildman–Crippen LogP) is 4.01. The zero-order valence-electron chi connectivity index (χ0n) is 54.3. The summed E-state index contributed by atoms with van der Waals surface area (Å²) in [6, 6.07) is 2.62. The first-order valence-corrected chi connectivity index (χ1v) is 32.1. The summed E-state index contributed by atoms with van der Waals surface area (Å²) >= 11 is 0. The number of imidazole rings is 1. The molecule has 30 heteroatoms. The van der Waals surface area contributed by atoms with Crippen molar-refractivity contribution in [2.45, 2.75) is 189 Å². The van der Waals surface area contributed by atoms with Gasteiger partial charge in [0.25, 0.3) is 7.82 Å². The van der Waals surface area contributed by atoms with Crippen LogP contribution in [0.1, 0.15) is 150 Å². The van der Waals surface area contributed by atoms with Crippen molar-refractivity contribution in [2.24, 2.45) is 89.0 Å². The number of nitrogens with two attached hydrogens (primary N) is 5. The zero-order chi connectivity index (χ0) is 68.7. The van der Waals surface area contributed by atoms with Crippen molar-refractivity contribution in [2.75, 3.05) is 13.2 Å². The minimum absolute atomic E-state index is 0. The van der Waals surface area contributed by atoms with Crippen molar-refractivity contribution in [1.29, 1.82) is 5.26 Å². The van der Waals surface area contributed by atoms with Crippen LogP contribution < -0.4 is 38.9 Å². The maximum absolute atomic E-state index is 14.3. The Bertz CT molecular complexity index is 3600. The Kier molecular flexibility index (Phi) is 23.0. The first kappa shape index (κ1) is 75.0. The molecule has 2 fully saturated rings. The van der Waals surface area contributed by atoms with Crippen molar-refractivity contribution in [3.05, 3.63) is 75.8 Å². The van der Waals surface area contributed by atoms with Gasteiger partial charge in [-0.2, -0.15) is 5.70 Å². The molecule has 1 aromatic carbocycles. The quantitative estimate of drug-likeness (QED) is 0.0474. The van der Waals surface area contributed by atoms with Crippen LogP contribution in [-0.4, -0.2) is 133 Å². The molecular formula is C63H87CoN13O15P. The number of aliphatic hydroxyl groups excluding tert-OH is 2. The van der Waals surface area contributed by atoms with E-state index in [1.807, 2.05) is 59.8 Å². The van der Waals surface area contributed by atoms with Crippen LogP contribution >= 0.6 is 7.82 Å². The summed E-state index contributed by atoms with van der Waals surface area (Å²) in [4.78, 5) is 128. The number of carbonyl (C=O) groups excluding carboxylic acids is 6. The van der Waals surface area contributed by atoms with E-state index in [-0.39, 0.29) is 94.0 Å². The number of aliphatic hydroxyl groups is 2. The number of ether oxygens (including phenoxy) is 1. The van der Waals surface area contributed by atoms with E-state index in [1.54, 1.807) is 27.7 Å². The standard InChI is InChI=1S/C62H89N12O15P.CN.Co/c1-29-20-39-40(21-30(29)2)74(28-69-39)57-52(84)53(41(27-75)87-57)89-90(85,86)88-31(3)26-68-48(81)18-19-59(8)37(22-45(65)78)56-62(11)61(10,25-47(67)80)36(14-17-49(82)83)51(73-62)33(5)55-60(9,24-46(66)79)34(12-15-43(63)76)38(70-55)23-42-58(6,7)35(13-16-44(64)77)50(71-42)32(4)54(59)72-56;1-2;/h20-21,23,28,31,34-37,41,52-53,56-57,75,84H,12-19,22,24-27H2,1-11H3,(H14,63,64,65,66,67,68,70,71,72,73,76,77,78,79,80,81,82,83,85,86);;/q;-1;+3/p-2/t31-,34-,35-,36-,37+,41-,52-,53-,56-,57+,59-,60+,61+,62+;;/m1../s1. The smallest absolute Gasteiger partial charge is 0.756 e. The topological polar surface area (TPSA) is 483 Å². The Hall–Kier alpha value is -7.00. The summed E-state index contributed by atoms with van der Waals surface area (Å²) in [5.41, 5.74) is 30.3. The van der Waals surface area contributed by atoms with Gasteiger partial charge < -0.3 is 89.7 Å². The number of carboxylic acid groups (broad SMARTS) is 1. The van der Waals surface area contributed by atoms with Gasteiger partial charge in [-0.05, 0) is 113 Å². The molecule has 8 rings (SSSR count). The van der Waals surface area contributed by atoms with E-state index in [4.69, 9.17) is 74.6 Å². The van der Waals surface area contributed by atoms with Gasteiger partial charge in [0, 0.05) is 108 Å². The number of aliphatic imine (C=N–C) groups is 3. The van der Waals surface area contributed by atoms with Crippen molar-refractivity contribution in [1.82, 2.24) is 14.9 Å². The Labute approximate surface area is 550 Å². The van der Waals surface area contributed by atoms with Crippen LogP contribution in [0.25, 0.3) is 16.4 Å². The second-order valence-corrected chi connectivity index (χ2v) is 28.2. The third-order valence-electron chi connectivity index (χ3n) is 20.4. The number of allylic oxidation sites excluding steroid dienone is 6. The van der Waals surface area contributed by atoms with Gasteiger partial charge in [-0.3, -0.25) is 53.1 Å². The number of hydrogen-bond acceptors (Lipinski definition) is 19. The summed E-state index contributed by atoms with van der Waals surface area (Å²) in [5, 5.41) is 46.4. The number of phosphoric acid groups is 1. The number of nitrogens with one attached hydrogen (secondary N) is 1. The fraction of sp³-hybridized carbons (Fsp3) is 0.619. The Morgan fingerprint density at radius 1 is 0.849 bits per heavy atom. The van der Waals surface area contributed by atoms with Gasteiger partial charge in [0.15, 0.2) is 6.23 Å². The number of benzene rings is 1. The third kappa shape index (κ3) is 14.6. The molecule has 1 aromatic heterocycles. The normalized spacial score (nSPS) is 33.1. The van der Waals surface area contributed by atoms with Crippen molar-refractivity contribution < 1.29 is 88.9 Å². The number of primary amides is 5. The number of phosphoric ester groups is 1. The molecule has 93 heavy (non-hydrogen) atoms. The summed E-state index contributed by atoms with van der Waals surface area (Å²) in [7, 11) is -5.33. The van der Waals surface area contributed by atoms with Crippen LogP contribution in [0.2, 0.25) is 0 Å². The van der Waals surface area contributed by atoms with Gasteiger partial charge in [0.05, 0.1) is 41.7 Å². The average molecular weight is 1360 g/mol. The van der Waals surface area contributed by atoms with E-state index in [1.165, 1.54) is 17.8 Å². The first-order chi connectivity index (χ1) is 42.8. The molecule has 6 aliphatic heterocycles. The van der Waals surface area contributed by atoms with Crippen LogP contribution in [0.4, 0.5) is 0 Å². The third-order valence-corrected chi connectivity index (χ3v) is 21.6. The summed E-state index contributed by atoms with van der Waals surface area (Å²) in [5.74, 6) is -8.14. The van der Waals surface area contributed by atoms with Crippen LogP contribution in [0.3, 0.4) is 0 Å². The fourth-order valence-electron chi connectivity index (χ4n) is 15.3. The molecule has 14 N–H and O–H groups in total. The van der Waals surface area contributed by atoms with E-state index in [2.05, 4.69) is 10.3 Å². The molecule has 1 unspecified atom stereocenters. The summed E-state index contributed by atoms with van der Waals surface area (Å²) < 4.78 is 31.9. The van der Waals surface area contributed by atoms with Crippen LogP contribution in [0, 0.1) is 71.0 Å². The monoisotopic (exact) mass is 1360 g/mol. The van der Waals surface area contributed by atoms with E-state index < -0.39 is 143 Å². The fourth-order valence-corrected chi connectivity index (χ4v) is 16.4. The first-order valence-electron chi connectivity index (χ1n) is 30.7. The minimum Gasteiger partial charge on any atom is -0.756 e. The number of aromatic nitrogens is 2. The number of aliphatic carboxylic acids is 1. The molecule has 15 atom stereocenters. The van der Waals surface area contributed by atoms with Gasteiger partial charge in [-0.25, -0.2) is 4.98 Å². The number of hydrogen-bond donors (Lipinski definition) is 9. The van der Waals surface area contributed by atoms with E-state index in [0.29, 0.717) is 56.4 Å². The number of fused-ring (bicyclic) bond motifs is 7. The second-order valence-electron chi connectivity index (χ2n) is 26.9. The van der Waals surface area contributed by atoms with Crippen molar-refractivity contribution in [3.8, 4) is 0 Å². The minimum atomic E-state index is -5.33. The number of rotatable bonds is 26. The summed E-state index contributed by atoms with van der Waals surface area (Å²) in [6.07, 6.45) is -5.34. The molecule has 508 valence electrons. The number of carboxylic acids is 1. The van der Waals surface area contributed by atoms with Gasteiger partial charge in [0.1, 0.15) is 18.3 Å². The average Bonchev–Trinajstić information content (AvgIpc) is 1.53. The molecular weight excluding hydrogens is 1270 g/mol. The van der Waals surface area contributed by atoms with Gasteiger partial charge in [-0.1, -0.05) is 40.7 Å². The molecule has 8 bridgehead atoms. The molecule has 2 saturated heterocycles. The number of carbonyl (C=O) groups is 7. The Morgan fingerprint density at radius 3 is 2.03 bits per heavy atom. The van der Waals surface area contributed by atoms with Crippen molar-refractivity contribution >= 4 is 77.4 Å². The number of nitrogens with zero attached hydrogens (tertiary/aromatic N) is 7. The van der Waals surface area contributed by atoms with Crippen LogP contribution in [-0.2, 0) is 68.7 Å². The number of aryl methyl sites for hydroxylation is 2. The van der Waals surface area contributed by atoms with E-state index in [9.17, 15) is 58.3 Å². The van der Waals surface area contributed by atoms with Crippen LogP contribution in [0.15, 0.2) is 67.8 Å². The molecule has 0 radical (unpaired) electrons. The van der Waals surface area contributed by atoms with E-state index in [0.717, 1.165) is 11.1 Å². The van der Waals surface area contributed by atoms with Gasteiger partial charge in [0.2, 0.25) is 35.4 Å². The molecule has 0 spiro atoms. The Morgan fingerprint density at radius 2 is 1.45 bits per heavy atom. The molecule has 7 heterocycles. The van der Waals surface area contributed by atoms with E-state index >= 15 is 0 Å². The molecule has 28 nitrogen and oxygen atoms in total. The number of amides is 6. The van der Waals surface area contributed by atoms with Crippen molar-refractivity contribution in [3.63, 3.8) is 0 Å². The maximum Gasteiger partial charge on any atom is 3.00 e. The SMILES string of the molecule is C/C1=C2N=C(/C=C3\[N-]/C(=C(/C)C4=N[C@@](C)([C@@H]5N=C1[C@](C)(CCC(=O)NC[C@@H](C)OP(=O)([O-])O[C@H]1[C@@H](O)[C@@H](n6cnc7cc(C)c(C)cc76)O[C@@H]1CO)[C@H]5CC(N)=O)[C@@](C)(CC(N)=O)[C@@H]4CCC(=O)O)[C@@](C)(CC(N)=O)[C@@H]3CCC(N)=O)C(C)(C)[C@@H]/2CCC(N)=O.[C-]#N.[Co+3]. The predicted molar refractivity (Wildman–Crippen MR) is 335 cm³/mol. The second kappa shape index (κ2) is 28.5. The summed E-state index contributed by atoms with van der Waals surface area (Å²) in [6.45, 7) is 23.5. The zero-order valence-corrected chi connectivity index (χ0v) is 56.2. The molecule has 2 aromatic rings. The van der Waals surface area contributed by atoms with Gasteiger partial charge in [-0.15, -0.1) is 5.70 Å². The largest absolute Gasteiger partial charge is 3.00 e. The maximum atomic E-state index is 14.3.